The number of aliphatic imine (C=N–C) groups is 1. The first kappa shape index (κ1) is 23.3. The third-order valence-corrected chi connectivity index (χ3v) is 5.44. The number of aliphatic hydroxyl groups is 1. The number of unbranched alkanes of at least 4 members (excludes halogenated alkanes) is 13. The molecular formula is C22H42N2O2. The summed E-state index contributed by atoms with van der Waals surface area (Å²) in [6.07, 6.45) is 21.7. The zero-order chi connectivity index (χ0) is 19.1. The van der Waals surface area contributed by atoms with Crippen molar-refractivity contribution in [3.05, 3.63) is 17.4 Å². The molecule has 152 valence electrons. The van der Waals surface area contributed by atoms with Gasteiger partial charge in [-0.05, 0) is 12.8 Å². The lowest BCUT2D eigenvalue weighted by Crippen LogP contribution is -2.51. The minimum atomic E-state index is -0.933. The second-order valence-corrected chi connectivity index (χ2v) is 7.82. The number of aliphatic hydroxyl groups excluding tert-OH is 1. The van der Waals surface area contributed by atoms with E-state index in [4.69, 9.17) is 0 Å². The molecule has 0 aromatic heterocycles. The Morgan fingerprint density at radius 1 is 0.962 bits per heavy atom. The molecule has 1 N–H and O–H groups in total. The molecule has 2 unspecified atom stereocenters. The molecule has 26 heavy (non-hydrogen) atoms. The number of quaternary nitrogens is 1. The van der Waals surface area contributed by atoms with Crippen LogP contribution in [0, 0.1) is 5.21 Å². The number of hydrogen-bond donors (Lipinski definition) is 1. The van der Waals surface area contributed by atoms with Crippen LogP contribution in [0.3, 0.4) is 0 Å². The molecule has 4 nitrogen and oxygen atoms in total. The molecule has 0 saturated heterocycles. The van der Waals surface area contributed by atoms with Gasteiger partial charge in [-0.15, -0.1) is 0 Å². The summed E-state index contributed by atoms with van der Waals surface area (Å²) < 4.78 is -0.685. The largest absolute Gasteiger partial charge is 0.624 e. The van der Waals surface area contributed by atoms with Gasteiger partial charge in [-0.25, -0.2) is 4.99 Å². The average Bonchev–Trinajstić information content (AvgIpc) is 3.00. The summed E-state index contributed by atoms with van der Waals surface area (Å²) in [7, 11) is 0. The van der Waals surface area contributed by atoms with Crippen molar-refractivity contribution in [2.24, 2.45) is 4.99 Å². The van der Waals surface area contributed by atoms with Gasteiger partial charge < -0.3 is 10.3 Å². The predicted molar refractivity (Wildman–Crippen MR) is 112 cm³/mol. The van der Waals surface area contributed by atoms with Gasteiger partial charge in [-0.2, -0.15) is 0 Å². The van der Waals surface area contributed by atoms with Gasteiger partial charge in [0.2, 0.25) is 5.84 Å². The van der Waals surface area contributed by atoms with Crippen molar-refractivity contribution < 1.29 is 9.75 Å². The van der Waals surface area contributed by atoms with Gasteiger partial charge in [0, 0.05) is 13.0 Å². The van der Waals surface area contributed by atoms with Crippen LogP contribution in [0.1, 0.15) is 104 Å². The Morgan fingerprint density at radius 2 is 1.46 bits per heavy atom. The zero-order valence-corrected chi connectivity index (χ0v) is 17.3. The molecule has 0 aliphatic carbocycles. The molecule has 0 radical (unpaired) electrons. The number of hydrogen-bond acceptors (Lipinski definition) is 3. The Labute approximate surface area is 161 Å². The standard InChI is InChI=1S/C22H42N2O2/c1-3-4-5-6-7-8-9-10-11-12-13-14-15-16-17-18-22-23-19-20-24(22,26)21(2)25/h17-18,21,25H,3-16,19-20H2,1-2H3. The summed E-state index contributed by atoms with van der Waals surface area (Å²) in [5, 5.41) is 22.1. The van der Waals surface area contributed by atoms with E-state index in [1.54, 1.807) is 6.92 Å². The zero-order valence-electron chi connectivity index (χ0n) is 17.3. The molecule has 0 aromatic rings. The number of allylic oxidation sites excluding steroid dienone is 1. The van der Waals surface area contributed by atoms with Gasteiger partial charge in [-0.3, -0.25) is 4.65 Å². The minimum absolute atomic E-state index is 0.357. The van der Waals surface area contributed by atoms with Gasteiger partial charge in [0.15, 0.2) is 6.23 Å². The fraction of sp³-hybridized carbons (Fsp3) is 0.864. The van der Waals surface area contributed by atoms with E-state index in [-0.39, 0.29) is 0 Å². The molecule has 0 amide bonds. The van der Waals surface area contributed by atoms with Crippen LogP contribution in [0.5, 0.6) is 0 Å². The van der Waals surface area contributed by atoms with E-state index in [9.17, 15) is 10.3 Å². The topological polar surface area (TPSA) is 55.7 Å². The van der Waals surface area contributed by atoms with E-state index in [0.717, 1.165) is 6.42 Å². The molecule has 1 heterocycles. The Morgan fingerprint density at radius 3 is 1.96 bits per heavy atom. The Hall–Kier alpha value is -0.710. The molecule has 2 atom stereocenters. The summed E-state index contributed by atoms with van der Waals surface area (Å²) in [6.45, 7) is 4.70. The smallest absolute Gasteiger partial charge is 0.225 e. The van der Waals surface area contributed by atoms with E-state index in [1.807, 2.05) is 6.08 Å². The first-order valence-corrected chi connectivity index (χ1v) is 11.1. The summed E-state index contributed by atoms with van der Waals surface area (Å²) in [4.78, 5) is 4.24. The lowest BCUT2D eigenvalue weighted by atomic mass is 10.0. The first-order chi connectivity index (χ1) is 12.6. The van der Waals surface area contributed by atoms with Crippen LogP contribution in [0.4, 0.5) is 0 Å². The molecule has 0 fully saturated rings. The highest BCUT2D eigenvalue weighted by Crippen LogP contribution is 2.18. The SMILES string of the molecule is CCCCCCCCCCCCCCCC=CC1=NCC[N+]1([O-])C(C)O. The third kappa shape index (κ3) is 9.29. The van der Waals surface area contributed by atoms with Gasteiger partial charge in [-0.1, -0.05) is 90.0 Å². The van der Waals surface area contributed by atoms with Gasteiger partial charge >= 0.3 is 0 Å². The molecule has 0 spiro atoms. The second kappa shape index (κ2) is 14.4. The molecule has 0 aromatic carbocycles. The monoisotopic (exact) mass is 366 g/mol. The van der Waals surface area contributed by atoms with Gasteiger partial charge in [0.05, 0.1) is 6.54 Å². The van der Waals surface area contributed by atoms with Crippen LogP contribution in [0.25, 0.3) is 0 Å². The number of hydroxylamine groups is 3. The maximum absolute atomic E-state index is 12.4. The van der Waals surface area contributed by atoms with Crippen LogP contribution >= 0.6 is 0 Å². The Kier molecular flexibility index (Phi) is 12.9. The van der Waals surface area contributed by atoms with E-state index in [2.05, 4.69) is 18.0 Å². The number of rotatable bonds is 16. The quantitative estimate of drug-likeness (QED) is 0.204. The normalized spacial score (nSPS) is 21.5. The first-order valence-electron chi connectivity index (χ1n) is 11.1. The van der Waals surface area contributed by atoms with Crippen LogP contribution in [0.15, 0.2) is 17.1 Å². The van der Waals surface area contributed by atoms with Gasteiger partial charge in [0.25, 0.3) is 0 Å². The summed E-state index contributed by atoms with van der Waals surface area (Å²) in [5.74, 6) is 0.481. The van der Waals surface area contributed by atoms with E-state index in [1.165, 1.54) is 83.5 Å². The van der Waals surface area contributed by atoms with E-state index in [0.29, 0.717) is 18.9 Å². The molecule has 0 saturated carbocycles. The minimum Gasteiger partial charge on any atom is -0.624 e. The summed E-state index contributed by atoms with van der Waals surface area (Å²) in [5.41, 5.74) is 0. The fourth-order valence-corrected chi connectivity index (χ4v) is 3.57. The second-order valence-electron chi connectivity index (χ2n) is 7.82. The maximum Gasteiger partial charge on any atom is 0.225 e. The van der Waals surface area contributed by atoms with Crippen molar-refractivity contribution in [2.45, 2.75) is 110 Å². The number of amidine groups is 1. The average molecular weight is 367 g/mol. The van der Waals surface area contributed by atoms with Crippen molar-refractivity contribution in [3.63, 3.8) is 0 Å². The molecule has 1 rings (SSSR count). The van der Waals surface area contributed by atoms with Crippen LogP contribution in [0.2, 0.25) is 0 Å². The van der Waals surface area contributed by atoms with Crippen LogP contribution in [-0.2, 0) is 0 Å². The van der Waals surface area contributed by atoms with Gasteiger partial charge in [0.1, 0.15) is 6.54 Å². The van der Waals surface area contributed by atoms with Crippen molar-refractivity contribution in [3.8, 4) is 0 Å². The lowest BCUT2D eigenvalue weighted by molar-refractivity contribution is -0.834. The van der Waals surface area contributed by atoms with Crippen molar-refractivity contribution in [1.82, 2.24) is 0 Å². The maximum atomic E-state index is 12.4. The highest BCUT2D eigenvalue weighted by molar-refractivity contribution is 5.88. The summed E-state index contributed by atoms with van der Waals surface area (Å²) in [6, 6.07) is 0. The fourth-order valence-electron chi connectivity index (χ4n) is 3.57. The molecule has 4 heteroatoms. The Balaban J connectivity index is 1.91. The third-order valence-electron chi connectivity index (χ3n) is 5.44. The predicted octanol–water partition coefficient (Wildman–Crippen LogP) is 6.09. The van der Waals surface area contributed by atoms with E-state index < -0.39 is 10.9 Å². The highest BCUT2D eigenvalue weighted by Gasteiger charge is 2.32. The molecule has 1 aliphatic rings. The molecule has 1 aliphatic heterocycles. The Bertz CT molecular complexity index is 407. The van der Waals surface area contributed by atoms with Crippen molar-refractivity contribution in [2.75, 3.05) is 13.1 Å². The highest BCUT2D eigenvalue weighted by atomic mass is 16.6. The lowest BCUT2D eigenvalue weighted by Gasteiger charge is -2.40. The molecule has 0 bridgehead atoms. The van der Waals surface area contributed by atoms with Crippen LogP contribution < -0.4 is 0 Å². The number of nitrogens with zero attached hydrogens (tertiary/aromatic N) is 2. The summed E-state index contributed by atoms with van der Waals surface area (Å²) >= 11 is 0. The van der Waals surface area contributed by atoms with Crippen molar-refractivity contribution in [1.29, 1.82) is 0 Å². The van der Waals surface area contributed by atoms with Crippen molar-refractivity contribution >= 4 is 5.84 Å². The molecular weight excluding hydrogens is 324 g/mol. The van der Waals surface area contributed by atoms with Crippen LogP contribution in [-0.4, -0.2) is 34.9 Å². The van der Waals surface area contributed by atoms with E-state index >= 15 is 0 Å².